The molecule has 0 aliphatic rings. The standard InChI is InChI=1S/C48H76NO11P/c1-3-5-7-8-9-10-11-12-13-14-15-16-17-18-21-25-28-31-35-39-47(52)60-44(41-58-61(55,56)59-42-45(49)48(53)54)40-57-46(51)38-34-30-27-24-22-19-20-23-26-29-33-37-43(50)36-32-6-4-2/h9-10,12-13,15-16,18-21,24,26-29,31,33,37,43-45,50H,3-8,11,14,17,22-23,25,30,32,34-36,38-42,49H2,1-2H3,(H,53,54)(H,55,56)/b10-9-,13-12-,16-15-,20-19-,21-18-,27-24-,29-26-,31-28-,37-33+/t43-,44-,45+/m1/s1. The number of hydrogen-bond donors (Lipinski definition) is 4. The predicted molar refractivity (Wildman–Crippen MR) is 246 cm³/mol. The second-order valence-corrected chi connectivity index (χ2v) is 15.8. The van der Waals surface area contributed by atoms with Gasteiger partial charge in [-0.15, -0.1) is 0 Å². The highest BCUT2D eigenvalue weighted by atomic mass is 31.2. The van der Waals surface area contributed by atoms with Crippen LogP contribution in [0.15, 0.2) is 109 Å². The molecule has 0 radical (unpaired) electrons. The molecule has 0 aliphatic carbocycles. The van der Waals surface area contributed by atoms with E-state index in [9.17, 15) is 28.9 Å². The van der Waals surface area contributed by atoms with Gasteiger partial charge in [0.05, 0.1) is 19.3 Å². The van der Waals surface area contributed by atoms with E-state index in [1.807, 2.05) is 60.8 Å². The van der Waals surface area contributed by atoms with E-state index in [-0.39, 0.29) is 12.8 Å². The van der Waals surface area contributed by atoms with E-state index in [0.717, 1.165) is 64.2 Å². The van der Waals surface area contributed by atoms with Gasteiger partial charge in [0.1, 0.15) is 12.6 Å². The van der Waals surface area contributed by atoms with Crippen LogP contribution in [0, 0.1) is 0 Å². The van der Waals surface area contributed by atoms with Crippen LogP contribution in [0.1, 0.15) is 136 Å². The van der Waals surface area contributed by atoms with E-state index in [1.165, 1.54) is 19.3 Å². The van der Waals surface area contributed by atoms with Gasteiger partial charge in [0, 0.05) is 12.8 Å². The molecule has 0 aliphatic heterocycles. The molecule has 0 aromatic rings. The molecule has 4 atom stereocenters. The number of carbonyl (C=O) groups excluding carboxylic acids is 2. The zero-order valence-corrected chi connectivity index (χ0v) is 37.7. The Kier molecular flexibility index (Phi) is 38.8. The summed E-state index contributed by atoms with van der Waals surface area (Å²) in [5.41, 5.74) is 5.32. The summed E-state index contributed by atoms with van der Waals surface area (Å²) in [4.78, 5) is 45.9. The molecule has 0 saturated carbocycles. The Morgan fingerprint density at radius 2 is 1.08 bits per heavy atom. The predicted octanol–water partition coefficient (Wildman–Crippen LogP) is 10.8. The van der Waals surface area contributed by atoms with Crippen LogP contribution < -0.4 is 5.73 Å². The summed E-state index contributed by atoms with van der Waals surface area (Å²) in [6.45, 7) is 2.49. The van der Waals surface area contributed by atoms with E-state index >= 15 is 0 Å². The van der Waals surface area contributed by atoms with Crippen molar-refractivity contribution >= 4 is 25.7 Å². The average molecular weight is 874 g/mol. The third-order valence-electron chi connectivity index (χ3n) is 8.61. The second-order valence-electron chi connectivity index (χ2n) is 14.3. The highest BCUT2D eigenvalue weighted by molar-refractivity contribution is 7.47. The van der Waals surface area contributed by atoms with Crippen molar-refractivity contribution in [2.75, 3.05) is 19.8 Å². The number of phosphoric ester groups is 1. The SMILES string of the molecule is CCCCC/C=C\C/C=C\C/C=C\C/C=C\C/C=C\CCC(=O)O[C@H](COC(=O)CCC/C=C\C/C=C\C/C=C\C=C\[C@H](O)CCCCC)COP(=O)(O)OC[C@H](N)C(=O)O. The number of phosphoric acid groups is 1. The molecule has 5 N–H and O–H groups in total. The van der Waals surface area contributed by atoms with E-state index in [1.54, 1.807) is 0 Å². The molecule has 61 heavy (non-hydrogen) atoms. The first-order chi connectivity index (χ1) is 29.5. The molecule has 0 heterocycles. The molecule has 0 rings (SSSR count). The topological polar surface area (TPSA) is 192 Å². The van der Waals surface area contributed by atoms with Gasteiger partial charge in [-0.05, 0) is 77.0 Å². The molecule has 0 fully saturated rings. The van der Waals surface area contributed by atoms with Crippen molar-refractivity contribution in [2.24, 2.45) is 5.73 Å². The number of carboxylic acids is 1. The number of rotatable bonds is 39. The van der Waals surface area contributed by atoms with Crippen molar-refractivity contribution < 1.29 is 52.6 Å². The number of ether oxygens (including phenoxy) is 2. The fraction of sp³-hybridized carbons (Fsp3) is 0.562. The zero-order chi connectivity index (χ0) is 45.1. The van der Waals surface area contributed by atoms with Crippen LogP contribution in [-0.4, -0.2) is 71.1 Å². The fourth-order valence-electron chi connectivity index (χ4n) is 5.09. The Morgan fingerprint density at radius 1 is 0.590 bits per heavy atom. The van der Waals surface area contributed by atoms with Gasteiger partial charge in [-0.2, -0.15) is 0 Å². The molecule has 0 aromatic heterocycles. The molecule has 344 valence electrons. The molecule has 12 nitrogen and oxygen atoms in total. The number of aliphatic hydroxyl groups excluding tert-OH is 1. The summed E-state index contributed by atoms with van der Waals surface area (Å²) in [5, 5.41) is 18.8. The van der Waals surface area contributed by atoms with Gasteiger partial charge < -0.3 is 30.3 Å². The monoisotopic (exact) mass is 874 g/mol. The van der Waals surface area contributed by atoms with Crippen LogP contribution in [0.25, 0.3) is 0 Å². The number of nitrogens with two attached hydrogens (primary N) is 1. The molecule has 1 unspecified atom stereocenters. The molecule has 13 heteroatoms. The van der Waals surface area contributed by atoms with Crippen LogP contribution >= 0.6 is 7.82 Å². The highest BCUT2D eigenvalue weighted by Crippen LogP contribution is 2.43. The molecular formula is C48H76NO11P. The van der Waals surface area contributed by atoms with Crippen LogP contribution in [0.4, 0.5) is 0 Å². The summed E-state index contributed by atoms with van der Waals surface area (Å²) >= 11 is 0. The van der Waals surface area contributed by atoms with E-state index in [0.29, 0.717) is 25.7 Å². The first kappa shape index (κ1) is 57.1. The summed E-state index contributed by atoms with van der Waals surface area (Å²) in [5.74, 6) is -2.61. The van der Waals surface area contributed by atoms with Gasteiger partial charge >= 0.3 is 25.7 Å². The molecular weight excluding hydrogens is 797 g/mol. The van der Waals surface area contributed by atoms with Crippen molar-refractivity contribution in [3.8, 4) is 0 Å². The molecule has 0 amide bonds. The lowest BCUT2D eigenvalue weighted by Crippen LogP contribution is -2.34. The number of carbonyl (C=O) groups is 3. The average Bonchev–Trinajstić information content (AvgIpc) is 3.23. The largest absolute Gasteiger partial charge is 0.480 e. The first-order valence-electron chi connectivity index (χ1n) is 22.0. The smallest absolute Gasteiger partial charge is 0.472 e. The minimum absolute atomic E-state index is 0.0101. The first-order valence-corrected chi connectivity index (χ1v) is 23.5. The Bertz CT molecular complexity index is 1460. The van der Waals surface area contributed by atoms with E-state index < -0.39 is 63.8 Å². The Labute approximate surface area is 366 Å². The number of carboxylic acid groups (broad SMARTS) is 1. The highest BCUT2D eigenvalue weighted by Gasteiger charge is 2.28. The third-order valence-corrected chi connectivity index (χ3v) is 9.56. The van der Waals surface area contributed by atoms with Crippen molar-refractivity contribution in [2.45, 2.75) is 154 Å². The molecule has 0 spiro atoms. The van der Waals surface area contributed by atoms with Gasteiger partial charge in [-0.1, -0.05) is 155 Å². The second kappa shape index (κ2) is 41.5. The molecule has 0 aromatic carbocycles. The normalized spacial score (nSPS) is 15.2. The van der Waals surface area contributed by atoms with Crippen LogP contribution in [0.2, 0.25) is 0 Å². The van der Waals surface area contributed by atoms with E-state index in [4.69, 9.17) is 24.8 Å². The van der Waals surface area contributed by atoms with Gasteiger partial charge in [0.2, 0.25) is 0 Å². The third kappa shape index (κ3) is 41.2. The minimum Gasteiger partial charge on any atom is -0.480 e. The maximum Gasteiger partial charge on any atom is 0.472 e. The van der Waals surface area contributed by atoms with Gasteiger partial charge in [0.25, 0.3) is 0 Å². The van der Waals surface area contributed by atoms with Gasteiger partial charge in [-0.3, -0.25) is 23.4 Å². The summed E-state index contributed by atoms with van der Waals surface area (Å²) < 4.78 is 32.5. The van der Waals surface area contributed by atoms with E-state index in [2.05, 4.69) is 67.0 Å². The number of esters is 2. The number of aliphatic hydroxyl groups is 1. The Balaban J connectivity index is 4.64. The van der Waals surface area contributed by atoms with Gasteiger partial charge in [-0.25, -0.2) is 4.57 Å². The fourth-order valence-corrected chi connectivity index (χ4v) is 5.87. The lowest BCUT2D eigenvalue weighted by Gasteiger charge is -2.20. The molecule has 0 bridgehead atoms. The summed E-state index contributed by atoms with van der Waals surface area (Å²) in [6.07, 6.45) is 50.7. The number of allylic oxidation sites excluding steroid dienone is 17. The van der Waals surface area contributed by atoms with Crippen LogP contribution in [0.3, 0.4) is 0 Å². The number of hydrogen-bond acceptors (Lipinski definition) is 10. The lowest BCUT2D eigenvalue weighted by atomic mass is 10.1. The number of aliphatic carboxylic acids is 1. The van der Waals surface area contributed by atoms with Gasteiger partial charge in [0.15, 0.2) is 6.10 Å². The quantitative estimate of drug-likeness (QED) is 0.0150. The summed E-state index contributed by atoms with van der Waals surface area (Å²) in [7, 11) is -4.77. The van der Waals surface area contributed by atoms with Crippen molar-refractivity contribution in [3.05, 3.63) is 109 Å². The zero-order valence-electron chi connectivity index (χ0n) is 36.8. The Hall–Kier alpha value is -3.90. The van der Waals surface area contributed by atoms with Crippen molar-refractivity contribution in [1.29, 1.82) is 0 Å². The maximum atomic E-state index is 12.6. The summed E-state index contributed by atoms with van der Waals surface area (Å²) in [6, 6.07) is -1.55. The number of unbranched alkanes of at least 4 members (excludes halogenated alkanes) is 6. The van der Waals surface area contributed by atoms with Crippen molar-refractivity contribution in [1.82, 2.24) is 0 Å². The minimum atomic E-state index is -4.77. The lowest BCUT2D eigenvalue weighted by molar-refractivity contribution is -0.161. The van der Waals surface area contributed by atoms with Crippen LogP contribution in [0.5, 0.6) is 0 Å². The van der Waals surface area contributed by atoms with Crippen LogP contribution in [-0.2, 0) is 37.5 Å². The van der Waals surface area contributed by atoms with Crippen molar-refractivity contribution in [3.63, 3.8) is 0 Å². The molecule has 0 saturated heterocycles. The Morgan fingerprint density at radius 3 is 1.64 bits per heavy atom. The maximum absolute atomic E-state index is 12.6.